The quantitative estimate of drug-likeness (QED) is 0.665. The van der Waals surface area contributed by atoms with Crippen LogP contribution in [0.4, 0.5) is 0 Å². The van der Waals surface area contributed by atoms with Crippen molar-refractivity contribution >= 4 is 17.7 Å². The Bertz CT molecular complexity index is 823. The maximum atomic E-state index is 12.7. The SMILES string of the molecule is O=C1CCC(N2Cc3cc(CN[C@@H]4C[C@H]5CN[C@@H]4C5)ccc3C2=O)C(=O)N1. The third-order valence-electron chi connectivity index (χ3n) is 6.49. The number of carbonyl (C=O) groups is 3. The third-order valence-corrected chi connectivity index (χ3v) is 6.49. The molecule has 0 aromatic heterocycles. The van der Waals surface area contributed by atoms with E-state index in [2.05, 4.69) is 22.0 Å². The Morgan fingerprint density at radius 1 is 1.19 bits per heavy atom. The molecule has 3 amide bonds. The van der Waals surface area contributed by atoms with E-state index in [1.807, 2.05) is 12.1 Å². The normalized spacial score (nSPS) is 32.1. The smallest absolute Gasteiger partial charge is 0.255 e. The van der Waals surface area contributed by atoms with Gasteiger partial charge < -0.3 is 15.5 Å². The fraction of sp³-hybridized carbons (Fsp3) is 0.550. The molecule has 3 fully saturated rings. The van der Waals surface area contributed by atoms with Gasteiger partial charge in [0, 0.05) is 37.2 Å². The highest BCUT2D eigenvalue weighted by Gasteiger charge is 2.40. The highest BCUT2D eigenvalue weighted by molar-refractivity contribution is 6.05. The molecule has 2 saturated heterocycles. The number of benzene rings is 1. The molecule has 2 bridgehead atoms. The number of hydrogen-bond donors (Lipinski definition) is 3. The van der Waals surface area contributed by atoms with Crippen molar-refractivity contribution in [1.82, 2.24) is 20.9 Å². The summed E-state index contributed by atoms with van der Waals surface area (Å²) in [4.78, 5) is 37.8. The number of hydrogen-bond acceptors (Lipinski definition) is 5. The minimum atomic E-state index is -0.552. The Balaban J connectivity index is 1.26. The van der Waals surface area contributed by atoms with Crippen molar-refractivity contribution in [3.8, 4) is 0 Å². The van der Waals surface area contributed by atoms with Gasteiger partial charge in [0.05, 0.1) is 0 Å². The largest absolute Gasteiger partial charge is 0.322 e. The van der Waals surface area contributed by atoms with E-state index in [0.29, 0.717) is 30.6 Å². The average molecular weight is 368 g/mol. The number of nitrogens with zero attached hydrogens (tertiary/aromatic N) is 1. The third kappa shape index (κ3) is 2.95. The maximum Gasteiger partial charge on any atom is 0.255 e. The summed E-state index contributed by atoms with van der Waals surface area (Å²) in [5, 5.41) is 9.56. The lowest BCUT2D eigenvalue weighted by molar-refractivity contribution is -0.136. The Morgan fingerprint density at radius 2 is 2.07 bits per heavy atom. The van der Waals surface area contributed by atoms with Gasteiger partial charge in [0.15, 0.2) is 0 Å². The predicted molar refractivity (Wildman–Crippen MR) is 97.6 cm³/mol. The molecular weight excluding hydrogens is 344 g/mol. The molecule has 7 nitrogen and oxygen atoms in total. The van der Waals surface area contributed by atoms with Gasteiger partial charge in [-0.2, -0.15) is 0 Å². The van der Waals surface area contributed by atoms with Crippen molar-refractivity contribution in [2.75, 3.05) is 6.54 Å². The van der Waals surface area contributed by atoms with Gasteiger partial charge in [-0.25, -0.2) is 0 Å². The van der Waals surface area contributed by atoms with Crippen LogP contribution in [0.3, 0.4) is 0 Å². The first-order valence-electron chi connectivity index (χ1n) is 9.82. The molecule has 1 unspecified atom stereocenters. The molecule has 7 heteroatoms. The summed E-state index contributed by atoms with van der Waals surface area (Å²) < 4.78 is 0. The van der Waals surface area contributed by atoms with Crippen LogP contribution in [-0.4, -0.2) is 47.3 Å². The fourth-order valence-electron chi connectivity index (χ4n) is 5.07. The van der Waals surface area contributed by atoms with Gasteiger partial charge in [-0.1, -0.05) is 12.1 Å². The second kappa shape index (κ2) is 6.42. The topological polar surface area (TPSA) is 90.5 Å². The van der Waals surface area contributed by atoms with Crippen LogP contribution >= 0.6 is 0 Å². The molecular formula is C20H24N4O3. The van der Waals surface area contributed by atoms with Crippen LogP contribution in [0.2, 0.25) is 0 Å². The van der Waals surface area contributed by atoms with Gasteiger partial charge in [0.2, 0.25) is 11.8 Å². The number of fused-ring (bicyclic) bond motifs is 3. The van der Waals surface area contributed by atoms with E-state index in [-0.39, 0.29) is 24.1 Å². The van der Waals surface area contributed by atoms with E-state index in [9.17, 15) is 14.4 Å². The van der Waals surface area contributed by atoms with Crippen molar-refractivity contribution in [2.45, 2.75) is 56.9 Å². The standard InChI is InChI=1S/C20H24N4O3/c25-18-4-3-17(19(26)23-18)24-10-13-5-11(1-2-14(13)20(24)27)8-21-15-6-12-7-16(15)22-9-12/h1-2,5,12,15-17,21-22H,3-4,6-10H2,(H,23,25,26)/t12-,15-,16-,17?/m1/s1. The monoisotopic (exact) mass is 368 g/mol. The lowest BCUT2D eigenvalue weighted by Gasteiger charge is -2.29. The van der Waals surface area contributed by atoms with Gasteiger partial charge in [0.25, 0.3) is 5.91 Å². The molecule has 27 heavy (non-hydrogen) atoms. The minimum Gasteiger partial charge on any atom is -0.322 e. The molecule has 4 atom stereocenters. The summed E-state index contributed by atoms with van der Waals surface area (Å²) in [6.07, 6.45) is 3.20. The first-order valence-corrected chi connectivity index (χ1v) is 9.82. The highest BCUT2D eigenvalue weighted by Crippen LogP contribution is 2.32. The second-order valence-electron chi connectivity index (χ2n) is 8.23. The zero-order valence-electron chi connectivity index (χ0n) is 15.2. The lowest BCUT2D eigenvalue weighted by Crippen LogP contribution is -2.52. The summed E-state index contributed by atoms with van der Waals surface area (Å²) >= 11 is 0. The zero-order chi connectivity index (χ0) is 18.5. The Hall–Kier alpha value is -2.25. The molecule has 1 saturated carbocycles. The van der Waals surface area contributed by atoms with E-state index in [0.717, 1.165) is 30.1 Å². The molecule has 3 N–H and O–H groups in total. The Morgan fingerprint density at radius 3 is 2.81 bits per heavy atom. The van der Waals surface area contributed by atoms with E-state index < -0.39 is 6.04 Å². The van der Waals surface area contributed by atoms with Crippen molar-refractivity contribution < 1.29 is 14.4 Å². The summed E-state index contributed by atoms with van der Waals surface area (Å²) in [6.45, 7) is 2.37. The number of rotatable bonds is 4. The van der Waals surface area contributed by atoms with Crippen LogP contribution < -0.4 is 16.0 Å². The number of imide groups is 1. The first-order chi connectivity index (χ1) is 13.1. The maximum absolute atomic E-state index is 12.7. The van der Waals surface area contributed by atoms with E-state index >= 15 is 0 Å². The van der Waals surface area contributed by atoms with Crippen molar-refractivity contribution in [3.05, 3.63) is 34.9 Å². The van der Waals surface area contributed by atoms with E-state index in [4.69, 9.17) is 0 Å². The summed E-state index contributed by atoms with van der Waals surface area (Å²) in [5.41, 5.74) is 2.80. The lowest BCUT2D eigenvalue weighted by atomic mass is 10.0. The van der Waals surface area contributed by atoms with Crippen molar-refractivity contribution in [2.24, 2.45) is 5.92 Å². The van der Waals surface area contributed by atoms with Crippen LogP contribution in [0, 0.1) is 5.92 Å². The van der Waals surface area contributed by atoms with Crippen LogP contribution in [0.15, 0.2) is 18.2 Å². The predicted octanol–water partition coefficient (Wildman–Crippen LogP) is 0.288. The second-order valence-corrected chi connectivity index (χ2v) is 8.23. The van der Waals surface area contributed by atoms with Crippen molar-refractivity contribution in [3.63, 3.8) is 0 Å². The van der Waals surface area contributed by atoms with Crippen LogP contribution in [0.25, 0.3) is 0 Å². The molecule has 0 radical (unpaired) electrons. The number of nitrogens with one attached hydrogen (secondary N) is 3. The van der Waals surface area contributed by atoms with Gasteiger partial charge in [-0.15, -0.1) is 0 Å². The molecule has 0 spiro atoms. The fourth-order valence-corrected chi connectivity index (χ4v) is 5.07. The zero-order valence-corrected chi connectivity index (χ0v) is 15.2. The van der Waals surface area contributed by atoms with Crippen LogP contribution in [0.1, 0.15) is 47.2 Å². The number of carbonyl (C=O) groups excluding carboxylic acids is 3. The molecule has 1 aromatic rings. The van der Waals surface area contributed by atoms with E-state index in [1.165, 1.54) is 12.8 Å². The molecule has 1 aromatic carbocycles. The number of amides is 3. The highest BCUT2D eigenvalue weighted by atomic mass is 16.2. The molecule has 3 aliphatic heterocycles. The molecule has 1 aliphatic carbocycles. The van der Waals surface area contributed by atoms with Gasteiger partial charge in [-0.05, 0) is 48.9 Å². The molecule has 3 heterocycles. The van der Waals surface area contributed by atoms with Crippen molar-refractivity contribution in [1.29, 1.82) is 0 Å². The number of piperidine rings is 2. The molecule has 142 valence electrons. The van der Waals surface area contributed by atoms with Crippen LogP contribution in [-0.2, 0) is 22.7 Å². The molecule has 5 rings (SSSR count). The molecule has 4 aliphatic rings. The Kier molecular flexibility index (Phi) is 4.02. The Labute approximate surface area is 157 Å². The summed E-state index contributed by atoms with van der Waals surface area (Å²) in [5.74, 6) is 0.0745. The summed E-state index contributed by atoms with van der Waals surface area (Å²) in [6, 6.07) is 6.52. The van der Waals surface area contributed by atoms with Gasteiger partial charge in [-0.3, -0.25) is 19.7 Å². The van der Waals surface area contributed by atoms with Crippen LogP contribution in [0.5, 0.6) is 0 Å². The first kappa shape index (κ1) is 16.9. The van der Waals surface area contributed by atoms with E-state index in [1.54, 1.807) is 4.90 Å². The minimum absolute atomic E-state index is 0.115. The average Bonchev–Trinajstić information content (AvgIpc) is 3.35. The van der Waals surface area contributed by atoms with Gasteiger partial charge >= 0.3 is 0 Å². The van der Waals surface area contributed by atoms with Gasteiger partial charge in [0.1, 0.15) is 6.04 Å². The summed E-state index contributed by atoms with van der Waals surface area (Å²) in [7, 11) is 0.